The summed E-state index contributed by atoms with van der Waals surface area (Å²) in [6, 6.07) is 112. The first-order chi connectivity index (χ1) is 39.2. The molecule has 0 bridgehead atoms. The molecule has 0 radical (unpaired) electrons. The second-order valence-electron chi connectivity index (χ2n) is 19.8. The molecule has 374 valence electrons. The van der Waals surface area contributed by atoms with Crippen molar-refractivity contribution >= 4 is 112 Å². The standard InChI is InChI=1S/C74H52N4O/c1-7-21-57(22-8-1)75(58-23-9-2-10-24-58)65-45-39-56-50-66(46-40-55(56)49-65)77(61-29-15-5-16-30-61)63-41-35-53(36-42-63)54-37-43-64(44-38-54)78(62-31-17-6-18-32-62)71-52-73-74(69-34-20-19-33-68(69)71)70-48-47-67(51-72(70)79-73)76(59-25-11-3-12-26-59)60-27-13-4-14-28-60/h1-52H. The van der Waals surface area contributed by atoms with Crippen LogP contribution in [0.3, 0.4) is 0 Å². The summed E-state index contributed by atoms with van der Waals surface area (Å²) in [6.07, 6.45) is 0. The van der Waals surface area contributed by atoms with Crippen LogP contribution in [0, 0.1) is 0 Å². The van der Waals surface area contributed by atoms with Crippen molar-refractivity contribution in [1.82, 2.24) is 0 Å². The molecule has 0 fully saturated rings. The van der Waals surface area contributed by atoms with E-state index in [9.17, 15) is 0 Å². The number of para-hydroxylation sites is 6. The van der Waals surface area contributed by atoms with E-state index in [0.29, 0.717) is 0 Å². The van der Waals surface area contributed by atoms with Gasteiger partial charge >= 0.3 is 0 Å². The highest BCUT2D eigenvalue weighted by atomic mass is 16.3. The van der Waals surface area contributed by atoms with Crippen LogP contribution in [0.4, 0.5) is 68.2 Å². The zero-order chi connectivity index (χ0) is 52.5. The summed E-state index contributed by atoms with van der Waals surface area (Å²) in [6.45, 7) is 0. The van der Waals surface area contributed by atoms with Crippen molar-refractivity contribution in [2.45, 2.75) is 0 Å². The fourth-order valence-electron chi connectivity index (χ4n) is 11.3. The van der Waals surface area contributed by atoms with Gasteiger partial charge in [0.15, 0.2) is 0 Å². The summed E-state index contributed by atoms with van der Waals surface area (Å²) in [5.41, 5.74) is 16.8. The molecule has 0 aliphatic heterocycles. The highest BCUT2D eigenvalue weighted by Gasteiger charge is 2.23. The van der Waals surface area contributed by atoms with Crippen LogP contribution in [0.5, 0.6) is 0 Å². The van der Waals surface area contributed by atoms with Gasteiger partial charge in [-0.25, -0.2) is 0 Å². The fourth-order valence-corrected chi connectivity index (χ4v) is 11.3. The molecule has 79 heavy (non-hydrogen) atoms. The van der Waals surface area contributed by atoms with Crippen LogP contribution in [0.15, 0.2) is 320 Å². The second kappa shape index (κ2) is 20.5. The van der Waals surface area contributed by atoms with E-state index in [4.69, 9.17) is 4.42 Å². The minimum absolute atomic E-state index is 0.834. The summed E-state index contributed by atoms with van der Waals surface area (Å²) in [4.78, 5) is 9.28. The predicted molar refractivity (Wildman–Crippen MR) is 333 cm³/mol. The number of hydrogen-bond acceptors (Lipinski definition) is 5. The summed E-state index contributed by atoms with van der Waals surface area (Å²) in [7, 11) is 0. The Labute approximate surface area is 460 Å². The maximum atomic E-state index is 6.95. The SMILES string of the molecule is c1ccc(N(c2ccccc2)c2ccc3cc(N(c4ccccc4)c4ccc(-c5ccc(N(c6ccccc6)c6cc7oc8cc(N(c9ccccc9)c9ccccc9)ccc8c7c7ccccc67)cc5)cc4)ccc3c2)cc1. The summed E-state index contributed by atoms with van der Waals surface area (Å²) < 4.78 is 6.95. The third kappa shape index (κ3) is 8.95. The second-order valence-corrected chi connectivity index (χ2v) is 19.8. The van der Waals surface area contributed by atoms with Crippen LogP contribution in [0.25, 0.3) is 54.6 Å². The molecule has 1 aromatic heterocycles. The highest BCUT2D eigenvalue weighted by Crippen LogP contribution is 2.47. The molecule has 5 nitrogen and oxygen atoms in total. The van der Waals surface area contributed by atoms with Gasteiger partial charge in [-0.2, -0.15) is 0 Å². The molecule has 0 saturated heterocycles. The van der Waals surface area contributed by atoms with Gasteiger partial charge in [0.25, 0.3) is 0 Å². The van der Waals surface area contributed by atoms with Gasteiger partial charge < -0.3 is 24.0 Å². The lowest BCUT2D eigenvalue weighted by Crippen LogP contribution is -2.10. The van der Waals surface area contributed by atoms with E-state index in [-0.39, 0.29) is 0 Å². The first-order valence-corrected chi connectivity index (χ1v) is 26.8. The van der Waals surface area contributed by atoms with E-state index < -0.39 is 0 Å². The van der Waals surface area contributed by atoms with Crippen LogP contribution in [-0.2, 0) is 0 Å². The molecular weight excluding hydrogens is 961 g/mol. The Balaban J connectivity index is 0.796. The Hall–Kier alpha value is -10.6. The minimum atomic E-state index is 0.834. The number of furan rings is 1. The number of anilines is 12. The largest absolute Gasteiger partial charge is 0.456 e. The number of rotatable bonds is 13. The molecule has 13 aromatic carbocycles. The van der Waals surface area contributed by atoms with E-state index >= 15 is 0 Å². The number of hydrogen-bond donors (Lipinski definition) is 0. The summed E-state index contributed by atoms with van der Waals surface area (Å²) in [5.74, 6) is 0. The minimum Gasteiger partial charge on any atom is -0.456 e. The maximum absolute atomic E-state index is 6.95. The zero-order valence-corrected chi connectivity index (χ0v) is 43.2. The van der Waals surface area contributed by atoms with Gasteiger partial charge in [-0.05, 0) is 161 Å². The average Bonchev–Trinajstić information content (AvgIpc) is 4.11. The molecule has 0 spiro atoms. The molecule has 5 heteroatoms. The van der Waals surface area contributed by atoms with Crippen molar-refractivity contribution in [3.63, 3.8) is 0 Å². The van der Waals surface area contributed by atoms with Crippen molar-refractivity contribution in [3.05, 3.63) is 315 Å². The number of nitrogens with zero attached hydrogens (tertiary/aromatic N) is 4. The molecule has 0 unspecified atom stereocenters. The lowest BCUT2D eigenvalue weighted by molar-refractivity contribution is 0.669. The van der Waals surface area contributed by atoms with E-state index in [1.165, 1.54) is 10.8 Å². The normalized spacial score (nSPS) is 11.3. The predicted octanol–water partition coefficient (Wildman–Crippen LogP) is 21.4. The van der Waals surface area contributed by atoms with Gasteiger partial charge in [0.2, 0.25) is 0 Å². The molecule has 0 N–H and O–H groups in total. The van der Waals surface area contributed by atoms with Gasteiger partial charge in [0, 0.05) is 90.9 Å². The smallest absolute Gasteiger partial charge is 0.138 e. The topological polar surface area (TPSA) is 26.1 Å². The number of benzene rings is 13. The molecule has 0 amide bonds. The van der Waals surface area contributed by atoms with E-state index in [1.807, 2.05) is 0 Å². The summed E-state index contributed by atoms with van der Waals surface area (Å²) >= 11 is 0. The van der Waals surface area contributed by atoms with Crippen molar-refractivity contribution in [3.8, 4) is 11.1 Å². The van der Waals surface area contributed by atoms with Gasteiger partial charge in [-0.3, -0.25) is 0 Å². The van der Waals surface area contributed by atoms with Crippen LogP contribution in [-0.4, -0.2) is 0 Å². The third-order valence-corrected chi connectivity index (χ3v) is 14.9. The average molecular weight is 1010 g/mol. The van der Waals surface area contributed by atoms with E-state index in [1.54, 1.807) is 0 Å². The van der Waals surface area contributed by atoms with Crippen molar-refractivity contribution in [2.24, 2.45) is 0 Å². The summed E-state index contributed by atoms with van der Waals surface area (Å²) in [5, 5.41) is 6.80. The number of fused-ring (bicyclic) bond motifs is 6. The van der Waals surface area contributed by atoms with Gasteiger partial charge in [0.05, 0.1) is 5.69 Å². The Morgan fingerprint density at radius 1 is 0.203 bits per heavy atom. The molecule has 14 rings (SSSR count). The molecule has 1 heterocycles. The molecule has 0 saturated carbocycles. The lowest BCUT2D eigenvalue weighted by atomic mass is 10.00. The molecule has 14 aromatic rings. The van der Waals surface area contributed by atoms with Gasteiger partial charge in [-0.1, -0.05) is 170 Å². The molecule has 0 aliphatic rings. The zero-order valence-electron chi connectivity index (χ0n) is 43.2. The lowest BCUT2D eigenvalue weighted by Gasteiger charge is -2.27. The van der Waals surface area contributed by atoms with Crippen LogP contribution >= 0.6 is 0 Å². The van der Waals surface area contributed by atoms with Crippen molar-refractivity contribution in [1.29, 1.82) is 0 Å². The van der Waals surface area contributed by atoms with E-state index in [0.717, 1.165) is 112 Å². The highest BCUT2D eigenvalue weighted by molar-refractivity contribution is 6.23. The monoisotopic (exact) mass is 1010 g/mol. The van der Waals surface area contributed by atoms with Gasteiger partial charge in [-0.15, -0.1) is 0 Å². The first kappa shape index (κ1) is 46.9. The van der Waals surface area contributed by atoms with Crippen molar-refractivity contribution < 1.29 is 4.42 Å². The Morgan fingerprint density at radius 2 is 0.519 bits per heavy atom. The van der Waals surface area contributed by atoms with Crippen LogP contribution in [0.2, 0.25) is 0 Å². The van der Waals surface area contributed by atoms with Crippen molar-refractivity contribution in [2.75, 3.05) is 19.6 Å². The quantitative estimate of drug-likeness (QED) is 0.115. The van der Waals surface area contributed by atoms with Crippen LogP contribution < -0.4 is 19.6 Å². The Kier molecular flexibility index (Phi) is 12.2. The fraction of sp³-hybridized carbons (Fsp3) is 0. The molecule has 0 atom stereocenters. The molecule has 0 aliphatic carbocycles. The van der Waals surface area contributed by atoms with E-state index in [2.05, 4.69) is 335 Å². The van der Waals surface area contributed by atoms with Gasteiger partial charge in [0.1, 0.15) is 11.2 Å². The third-order valence-electron chi connectivity index (χ3n) is 14.9. The molecular formula is C74H52N4O. The Morgan fingerprint density at radius 3 is 0.937 bits per heavy atom. The van der Waals surface area contributed by atoms with Crippen LogP contribution in [0.1, 0.15) is 0 Å². The maximum Gasteiger partial charge on any atom is 0.138 e. The first-order valence-electron chi connectivity index (χ1n) is 26.8. The Bertz CT molecular complexity index is 4320.